The summed E-state index contributed by atoms with van der Waals surface area (Å²) in [7, 11) is 0. The van der Waals surface area contributed by atoms with E-state index in [9.17, 15) is 9.59 Å². The number of fused-ring (bicyclic) bond motifs is 2. The number of hydrogen-bond acceptors (Lipinski definition) is 6. The third-order valence-corrected chi connectivity index (χ3v) is 7.09. The lowest BCUT2D eigenvalue weighted by Crippen LogP contribution is -2.48. The quantitative estimate of drug-likeness (QED) is 0.522. The van der Waals surface area contributed by atoms with Crippen LogP contribution in [0.5, 0.6) is 5.75 Å². The molecule has 4 rings (SSSR count). The van der Waals surface area contributed by atoms with Crippen molar-refractivity contribution in [2.75, 3.05) is 18.6 Å². The monoisotopic (exact) mass is 469 g/mol. The van der Waals surface area contributed by atoms with Crippen LogP contribution in [0.2, 0.25) is 0 Å². The molecule has 0 saturated heterocycles. The number of carbonyl (C=O) groups excluding carboxylic acids is 2. The minimum Gasteiger partial charge on any atom is -0.487 e. The Hall–Kier alpha value is -2.58. The van der Waals surface area contributed by atoms with Crippen LogP contribution in [-0.2, 0) is 16.0 Å². The molecule has 3 aromatic rings. The lowest BCUT2D eigenvalue weighted by Gasteiger charge is -2.19. The van der Waals surface area contributed by atoms with Crippen LogP contribution < -0.4 is 15.4 Å². The number of thiazole rings is 1. The highest BCUT2D eigenvalue weighted by molar-refractivity contribution is 7.98. The standard InChI is InChI=1S/C24H27N3O3S2/c1-14-10-16-12-17(13-25-23(29)20(8-9-31-3)26-15(2)28)30-22(16)18(11-14)24-27-19-6-4-5-7-21(19)32-24/h4-7,10-11,17,20H,8-9,12-13H2,1-3H3,(H,25,29)(H,26,28)/t17?,20-/m0/s1. The van der Waals surface area contributed by atoms with Crippen LogP contribution in [0.4, 0.5) is 0 Å². The molecule has 2 atom stereocenters. The minimum absolute atomic E-state index is 0.151. The Morgan fingerprint density at radius 1 is 1.31 bits per heavy atom. The summed E-state index contributed by atoms with van der Waals surface area (Å²) in [5.41, 5.74) is 4.29. The van der Waals surface area contributed by atoms with E-state index in [1.807, 2.05) is 24.5 Å². The average molecular weight is 470 g/mol. The van der Waals surface area contributed by atoms with Crippen LogP contribution in [0, 0.1) is 6.92 Å². The number of para-hydroxylation sites is 1. The molecule has 32 heavy (non-hydrogen) atoms. The van der Waals surface area contributed by atoms with Crippen molar-refractivity contribution in [3.63, 3.8) is 0 Å². The Balaban J connectivity index is 1.47. The molecule has 2 N–H and O–H groups in total. The van der Waals surface area contributed by atoms with Crippen LogP contribution in [0.25, 0.3) is 20.8 Å². The molecule has 2 aromatic carbocycles. The fourth-order valence-corrected chi connectivity index (χ4v) is 5.39. The Morgan fingerprint density at radius 2 is 2.12 bits per heavy atom. The zero-order valence-corrected chi connectivity index (χ0v) is 20.1. The molecule has 1 aromatic heterocycles. The van der Waals surface area contributed by atoms with Gasteiger partial charge >= 0.3 is 0 Å². The molecule has 0 saturated carbocycles. The smallest absolute Gasteiger partial charge is 0.242 e. The number of amides is 2. The highest BCUT2D eigenvalue weighted by atomic mass is 32.2. The lowest BCUT2D eigenvalue weighted by molar-refractivity contribution is -0.128. The van der Waals surface area contributed by atoms with E-state index in [4.69, 9.17) is 9.72 Å². The number of carbonyl (C=O) groups is 2. The number of rotatable bonds is 8. The number of benzene rings is 2. The third-order valence-electron chi connectivity index (χ3n) is 5.38. The van der Waals surface area contributed by atoms with Crippen molar-refractivity contribution < 1.29 is 14.3 Å². The summed E-state index contributed by atoms with van der Waals surface area (Å²) in [6.45, 7) is 3.90. The van der Waals surface area contributed by atoms with Crippen LogP contribution in [0.3, 0.4) is 0 Å². The Kier molecular flexibility index (Phi) is 7.01. The van der Waals surface area contributed by atoms with Gasteiger partial charge in [-0.25, -0.2) is 4.98 Å². The largest absolute Gasteiger partial charge is 0.487 e. The first kappa shape index (κ1) is 22.6. The zero-order chi connectivity index (χ0) is 22.7. The van der Waals surface area contributed by atoms with Gasteiger partial charge in [-0.05, 0) is 54.7 Å². The van der Waals surface area contributed by atoms with Crippen LogP contribution in [-0.4, -0.2) is 47.5 Å². The molecule has 1 unspecified atom stereocenters. The second-order valence-electron chi connectivity index (χ2n) is 8.01. The Morgan fingerprint density at radius 3 is 2.88 bits per heavy atom. The van der Waals surface area contributed by atoms with Gasteiger partial charge in [-0.3, -0.25) is 9.59 Å². The molecule has 8 heteroatoms. The summed E-state index contributed by atoms with van der Waals surface area (Å²) in [6.07, 6.45) is 3.16. The Labute approximate surface area is 196 Å². The van der Waals surface area contributed by atoms with E-state index in [2.05, 4.69) is 35.8 Å². The van der Waals surface area contributed by atoms with Crippen LogP contribution in [0.1, 0.15) is 24.5 Å². The summed E-state index contributed by atoms with van der Waals surface area (Å²) in [5, 5.41) is 6.66. The molecule has 0 aliphatic carbocycles. The van der Waals surface area contributed by atoms with Crippen molar-refractivity contribution in [2.45, 2.75) is 38.8 Å². The van der Waals surface area contributed by atoms with Gasteiger partial charge in [-0.2, -0.15) is 11.8 Å². The summed E-state index contributed by atoms with van der Waals surface area (Å²) >= 11 is 3.31. The maximum absolute atomic E-state index is 12.7. The third kappa shape index (κ3) is 5.07. The molecular formula is C24H27N3O3S2. The molecule has 1 aliphatic heterocycles. The van der Waals surface area contributed by atoms with E-state index in [1.54, 1.807) is 23.1 Å². The van der Waals surface area contributed by atoms with Gasteiger partial charge in [0.05, 0.1) is 22.3 Å². The SMILES string of the molecule is CSCC[C@H](NC(C)=O)C(=O)NCC1Cc2cc(C)cc(-c3nc4ccccc4s3)c2O1. The number of nitrogens with one attached hydrogen (secondary N) is 2. The predicted molar refractivity (Wildman–Crippen MR) is 132 cm³/mol. The number of ether oxygens (including phenoxy) is 1. The van der Waals surface area contributed by atoms with Gasteiger partial charge in [0, 0.05) is 13.3 Å². The summed E-state index contributed by atoms with van der Waals surface area (Å²) in [6, 6.07) is 11.9. The Bertz CT molecular complexity index is 1110. The molecular weight excluding hydrogens is 442 g/mol. The van der Waals surface area contributed by atoms with E-state index >= 15 is 0 Å². The van der Waals surface area contributed by atoms with Crippen molar-refractivity contribution >= 4 is 45.1 Å². The van der Waals surface area contributed by atoms with Gasteiger partial charge in [0.1, 0.15) is 22.9 Å². The van der Waals surface area contributed by atoms with Gasteiger partial charge in [-0.1, -0.05) is 18.2 Å². The molecule has 0 spiro atoms. The van der Waals surface area contributed by atoms with Crippen LogP contribution >= 0.6 is 23.1 Å². The summed E-state index contributed by atoms with van der Waals surface area (Å²) in [4.78, 5) is 28.9. The minimum atomic E-state index is -0.524. The topological polar surface area (TPSA) is 80.3 Å². The first-order valence-corrected chi connectivity index (χ1v) is 12.9. The predicted octanol–water partition coefficient (Wildman–Crippen LogP) is 3.95. The van der Waals surface area contributed by atoms with Crippen molar-refractivity contribution in [1.82, 2.24) is 15.6 Å². The maximum atomic E-state index is 12.7. The maximum Gasteiger partial charge on any atom is 0.242 e. The molecule has 0 fully saturated rings. The average Bonchev–Trinajstić information content (AvgIpc) is 3.37. The van der Waals surface area contributed by atoms with E-state index < -0.39 is 6.04 Å². The molecule has 2 amide bonds. The first-order chi connectivity index (χ1) is 15.4. The summed E-state index contributed by atoms with van der Waals surface area (Å²) in [5.74, 6) is 1.28. The second-order valence-corrected chi connectivity index (χ2v) is 10.0. The summed E-state index contributed by atoms with van der Waals surface area (Å²) < 4.78 is 7.44. The molecule has 168 valence electrons. The van der Waals surface area contributed by atoms with E-state index in [0.717, 1.165) is 49.8 Å². The molecule has 0 radical (unpaired) electrons. The second kappa shape index (κ2) is 9.92. The van der Waals surface area contributed by atoms with Crippen molar-refractivity contribution in [2.24, 2.45) is 0 Å². The fraction of sp³-hybridized carbons (Fsp3) is 0.375. The zero-order valence-electron chi connectivity index (χ0n) is 18.4. The van der Waals surface area contributed by atoms with Crippen molar-refractivity contribution in [1.29, 1.82) is 0 Å². The van der Waals surface area contributed by atoms with Gasteiger partial charge in [0.2, 0.25) is 11.8 Å². The number of aryl methyl sites for hydroxylation is 1. The first-order valence-electron chi connectivity index (χ1n) is 10.6. The van der Waals surface area contributed by atoms with Gasteiger partial charge < -0.3 is 15.4 Å². The normalized spacial score (nSPS) is 15.8. The molecule has 1 aliphatic rings. The fourth-order valence-electron chi connectivity index (χ4n) is 3.94. The highest BCUT2D eigenvalue weighted by Gasteiger charge is 2.29. The van der Waals surface area contributed by atoms with E-state index in [0.29, 0.717) is 13.0 Å². The molecule has 2 heterocycles. The van der Waals surface area contributed by atoms with Gasteiger partial charge in [0.25, 0.3) is 0 Å². The van der Waals surface area contributed by atoms with Gasteiger partial charge in [-0.15, -0.1) is 11.3 Å². The highest BCUT2D eigenvalue weighted by Crippen LogP contribution is 2.42. The van der Waals surface area contributed by atoms with Gasteiger partial charge in [0.15, 0.2) is 0 Å². The number of aromatic nitrogens is 1. The number of nitrogens with zero attached hydrogens (tertiary/aromatic N) is 1. The molecule has 6 nitrogen and oxygen atoms in total. The lowest BCUT2D eigenvalue weighted by atomic mass is 10.0. The van der Waals surface area contributed by atoms with Crippen molar-refractivity contribution in [3.05, 3.63) is 47.5 Å². The number of thioether (sulfide) groups is 1. The van der Waals surface area contributed by atoms with E-state index in [-0.39, 0.29) is 17.9 Å². The van der Waals surface area contributed by atoms with Crippen molar-refractivity contribution in [3.8, 4) is 16.3 Å². The van der Waals surface area contributed by atoms with Crippen LogP contribution in [0.15, 0.2) is 36.4 Å². The number of hydrogen-bond donors (Lipinski definition) is 2. The molecule has 0 bridgehead atoms. The van der Waals surface area contributed by atoms with E-state index in [1.165, 1.54) is 6.92 Å².